The quantitative estimate of drug-likeness (QED) is 0.700. The van der Waals surface area contributed by atoms with Crippen LogP contribution in [0.5, 0.6) is 0 Å². The first-order chi connectivity index (χ1) is 12.0. The highest BCUT2D eigenvalue weighted by Gasteiger charge is 2.24. The number of benzene rings is 1. The molecule has 2 rings (SSSR count). The summed E-state index contributed by atoms with van der Waals surface area (Å²) in [7, 11) is 1.38. The van der Waals surface area contributed by atoms with Crippen molar-refractivity contribution >= 4 is 11.9 Å². The molecule has 0 spiro atoms. The molecule has 0 aliphatic carbocycles. The summed E-state index contributed by atoms with van der Waals surface area (Å²) < 4.78 is 10.2. The number of carbonyl (C=O) groups excluding carboxylic acids is 2. The second kappa shape index (κ2) is 9.53. The number of esters is 1. The maximum absolute atomic E-state index is 13.0. The van der Waals surface area contributed by atoms with Gasteiger partial charge in [-0.1, -0.05) is 25.1 Å². The van der Waals surface area contributed by atoms with Gasteiger partial charge in [-0.3, -0.25) is 14.5 Å². The molecule has 1 aliphatic heterocycles. The molecule has 138 valence electrons. The normalized spacial score (nSPS) is 16.3. The van der Waals surface area contributed by atoms with Crippen molar-refractivity contribution in [2.45, 2.75) is 13.8 Å². The van der Waals surface area contributed by atoms with Crippen molar-refractivity contribution in [1.29, 1.82) is 0 Å². The predicted octanol–water partition coefficient (Wildman–Crippen LogP) is 1.58. The van der Waals surface area contributed by atoms with Crippen LogP contribution in [0.3, 0.4) is 0 Å². The van der Waals surface area contributed by atoms with Crippen molar-refractivity contribution in [3.05, 3.63) is 35.4 Å². The second-order valence-electron chi connectivity index (χ2n) is 6.44. The van der Waals surface area contributed by atoms with E-state index in [1.807, 2.05) is 31.2 Å². The van der Waals surface area contributed by atoms with Crippen molar-refractivity contribution in [2.75, 3.05) is 53.0 Å². The van der Waals surface area contributed by atoms with Gasteiger partial charge in [0.1, 0.15) is 0 Å². The van der Waals surface area contributed by atoms with E-state index in [0.717, 1.165) is 38.4 Å². The van der Waals surface area contributed by atoms with Crippen LogP contribution in [0.15, 0.2) is 24.3 Å². The van der Waals surface area contributed by atoms with Crippen LogP contribution in [-0.2, 0) is 14.3 Å². The van der Waals surface area contributed by atoms with E-state index in [4.69, 9.17) is 9.47 Å². The van der Waals surface area contributed by atoms with Crippen molar-refractivity contribution in [3.63, 3.8) is 0 Å². The molecule has 0 saturated carbocycles. The van der Waals surface area contributed by atoms with Gasteiger partial charge in [0.15, 0.2) is 0 Å². The molecule has 1 saturated heterocycles. The van der Waals surface area contributed by atoms with Crippen LogP contribution in [0, 0.1) is 12.8 Å². The van der Waals surface area contributed by atoms with Crippen LogP contribution in [0.1, 0.15) is 22.8 Å². The lowest BCUT2D eigenvalue weighted by Crippen LogP contribution is -2.45. The smallest absolute Gasteiger partial charge is 0.310 e. The molecule has 0 N–H and O–H groups in total. The molecule has 1 aromatic carbocycles. The summed E-state index contributed by atoms with van der Waals surface area (Å²) in [6.07, 6.45) is 0. The van der Waals surface area contributed by atoms with Gasteiger partial charge in [-0.25, -0.2) is 0 Å². The Labute approximate surface area is 149 Å². The van der Waals surface area contributed by atoms with Gasteiger partial charge in [0.05, 0.1) is 26.2 Å². The van der Waals surface area contributed by atoms with Crippen LogP contribution >= 0.6 is 0 Å². The van der Waals surface area contributed by atoms with Crippen LogP contribution in [0.25, 0.3) is 0 Å². The molecule has 0 bridgehead atoms. The van der Waals surface area contributed by atoms with E-state index in [1.54, 1.807) is 11.8 Å². The van der Waals surface area contributed by atoms with Gasteiger partial charge in [-0.2, -0.15) is 0 Å². The first-order valence-corrected chi connectivity index (χ1v) is 8.75. The Hall–Kier alpha value is -1.92. The number of amides is 1. The minimum atomic E-state index is -0.359. The fourth-order valence-electron chi connectivity index (χ4n) is 2.95. The number of aryl methyl sites for hydroxylation is 1. The van der Waals surface area contributed by atoms with Crippen molar-refractivity contribution in [2.24, 2.45) is 5.92 Å². The van der Waals surface area contributed by atoms with E-state index < -0.39 is 0 Å². The average Bonchev–Trinajstić information content (AvgIpc) is 2.64. The predicted molar refractivity (Wildman–Crippen MR) is 95.5 cm³/mol. The summed E-state index contributed by atoms with van der Waals surface area (Å²) in [5.41, 5.74) is 1.62. The van der Waals surface area contributed by atoms with E-state index >= 15 is 0 Å². The SMILES string of the molecule is COC(=O)C(C)CN(CCN1CCOCC1)C(=O)c1ccccc1C. The Kier molecular flexibility index (Phi) is 7.40. The lowest BCUT2D eigenvalue weighted by atomic mass is 10.1. The minimum Gasteiger partial charge on any atom is -0.469 e. The Bertz CT molecular complexity index is 585. The van der Waals surface area contributed by atoms with Gasteiger partial charge < -0.3 is 14.4 Å². The molecule has 1 unspecified atom stereocenters. The summed E-state index contributed by atoms with van der Waals surface area (Å²) in [5, 5.41) is 0. The minimum absolute atomic E-state index is 0.0397. The third kappa shape index (κ3) is 5.54. The monoisotopic (exact) mass is 348 g/mol. The molecule has 1 fully saturated rings. The van der Waals surface area contributed by atoms with Crippen LogP contribution in [0.4, 0.5) is 0 Å². The van der Waals surface area contributed by atoms with E-state index in [2.05, 4.69) is 4.90 Å². The fraction of sp³-hybridized carbons (Fsp3) is 0.579. The summed E-state index contributed by atoms with van der Waals surface area (Å²) >= 11 is 0. The Morgan fingerprint density at radius 1 is 1.28 bits per heavy atom. The first-order valence-electron chi connectivity index (χ1n) is 8.75. The summed E-state index contributed by atoms with van der Waals surface area (Å²) in [5.74, 6) is -0.696. The molecule has 1 aliphatic rings. The molecule has 1 heterocycles. The third-order valence-corrected chi connectivity index (χ3v) is 4.55. The average molecular weight is 348 g/mol. The van der Waals surface area contributed by atoms with E-state index in [9.17, 15) is 9.59 Å². The van der Waals surface area contributed by atoms with Crippen molar-refractivity contribution < 1.29 is 19.1 Å². The molecule has 0 radical (unpaired) electrons. The van der Waals surface area contributed by atoms with Gasteiger partial charge in [-0.15, -0.1) is 0 Å². The number of hydrogen-bond acceptors (Lipinski definition) is 5. The molecule has 25 heavy (non-hydrogen) atoms. The number of hydrogen-bond donors (Lipinski definition) is 0. The largest absolute Gasteiger partial charge is 0.469 e. The Morgan fingerprint density at radius 2 is 1.96 bits per heavy atom. The molecule has 6 nitrogen and oxygen atoms in total. The van der Waals surface area contributed by atoms with Crippen LogP contribution < -0.4 is 0 Å². The van der Waals surface area contributed by atoms with Gasteiger partial charge in [0.25, 0.3) is 5.91 Å². The first kappa shape index (κ1) is 19.4. The second-order valence-corrected chi connectivity index (χ2v) is 6.44. The van der Waals surface area contributed by atoms with E-state index in [1.165, 1.54) is 7.11 Å². The highest BCUT2D eigenvalue weighted by atomic mass is 16.5. The van der Waals surface area contributed by atoms with Gasteiger partial charge in [0, 0.05) is 38.3 Å². The highest BCUT2D eigenvalue weighted by Crippen LogP contribution is 2.13. The zero-order chi connectivity index (χ0) is 18.2. The number of ether oxygens (including phenoxy) is 2. The maximum atomic E-state index is 13.0. The molecule has 1 aromatic rings. The van der Waals surface area contributed by atoms with Crippen molar-refractivity contribution in [3.8, 4) is 0 Å². The molecular formula is C19H28N2O4. The van der Waals surface area contributed by atoms with Crippen LogP contribution in [-0.4, -0.2) is 74.7 Å². The number of morpholine rings is 1. The molecular weight excluding hydrogens is 320 g/mol. The van der Waals surface area contributed by atoms with Gasteiger partial charge in [0.2, 0.25) is 0 Å². The Balaban J connectivity index is 2.08. The third-order valence-electron chi connectivity index (χ3n) is 4.55. The zero-order valence-corrected chi connectivity index (χ0v) is 15.4. The summed E-state index contributed by atoms with van der Waals surface area (Å²) in [6, 6.07) is 7.55. The Morgan fingerprint density at radius 3 is 2.60 bits per heavy atom. The van der Waals surface area contributed by atoms with Gasteiger partial charge in [-0.05, 0) is 18.6 Å². The number of carbonyl (C=O) groups is 2. The highest BCUT2D eigenvalue weighted by molar-refractivity contribution is 5.95. The topological polar surface area (TPSA) is 59.1 Å². The molecule has 6 heteroatoms. The fourth-order valence-corrected chi connectivity index (χ4v) is 2.95. The summed E-state index contributed by atoms with van der Waals surface area (Å²) in [6.45, 7) is 8.62. The van der Waals surface area contributed by atoms with E-state index in [0.29, 0.717) is 18.7 Å². The molecule has 0 aromatic heterocycles. The number of methoxy groups -OCH3 is 1. The standard InChI is InChI=1S/C19H28N2O4/c1-15-6-4-5-7-17(15)18(22)21(14-16(2)19(23)24-3)9-8-20-10-12-25-13-11-20/h4-7,16H,8-14H2,1-3H3. The molecule has 1 amide bonds. The molecule has 1 atom stereocenters. The van der Waals surface area contributed by atoms with Crippen LogP contribution in [0.2, 0.25) is 0 Å². The number of rotatable bonds is 7. The summed E-state index contributed by atoms with van der Waals surface area (Å²) in [4.78, 5) is 28.9. The lowest BCUT2D eigenvalue weighted by molar-refractivity contribution is -0.145. The van der Waals surface area contributed by atoms with Gasteiger partial charge >= 0.3 is 5.97 Å². The maximum Gasteiger partial charge on any atom is 0.310 e. The van der Waals surface area contributed by atoms with E-state index in [-0.39, 0.29) is 17.8 Å². The zero-order valence-electron chi connectivity index (χ0n) is 15.4. The lowest BCUT2D eigenvalue weighted by Gasteiger charge is -2.31. The van der Waals surface area contributed by atoms with Crippen molar-refractivity contribution in [1.82, 2.24) is 9.80 Å². The number of nitrogens with zero attached hydrogens (tertiary/aromatic N) is 2.